The van der Waals surface area contributed by atoms with Gasteiger partial charge in [-0.05, 0) is 12.8 Å². The molecule has 0 aromatic heterocycles. The van der Waals surface area contributed by atoms with E-state index in [1.165, 1.54) is 64.2 Å². The molecular weight excluding hydrogens is 486 g/mol. The Balaban J connectivity index is 4.20. The number of hydrogen-bond acceptors (Lipinski definition) is 7. The molecule has 0 aromatic carbocycles. The lowest BCUT2D eigenvalue weighted by Crippen LogP contribution is -2.55. The number of esters is 2. The molecule has 0 rings (SSSR count). The van der Waals surface area contributed by atoms with Gasteiger partial charge < -0.3 is 28.6 Å². The van der Waals surface area contributed by atoms with Crippen LogP contribution in [0.2, 0.25) is 0 Å². The molecule has 0 amide bonds. The second-order valence-corrected chi connectivity index (χ2v) is 11.4. The number of unbranched alkanes of at least 4 members (excludes halogenated alkanes) is 12. The molecule has 0 spiro atoms. The van der Waals surface area contributed by atoms with Gasteiger partial charge in [0.25, 0.3) is 0 Å². The molecule has 224 valence electrons. The number of carboxylic acids is 1. The summed E-state index contributed by atoms with van der Waals surface area (Å²) in [6.45, 7) is 4.28. The summed E-state index contributed by atoms with van der Waals surface area (Å²) in [5.41, 5.74) is 0. The Labute approximate surface area is 232 Å². The van der Waals surface area contributed by atoms with Crippen molar-refractivity contribution in [1.29, 1.82) is 0 Å². The minimum absolute atomic E-state index is 0.0423. The lowest BCUT2D eigenvalue weighted by atomic mass is 10.0. The Morgan fingerprint density at radius 2 is 1.21 bits per heavy atom. The van der Waals surface area contributed by atoms with Crippen molar-refractivity contribution in [3.63, 3.8) is 0 Å². The van der Waals surface area contributed by atoms with Gasteiger partial charge in [-0.2, -0.15) is 0 Å². The maximum Gasteiger partial charge on any atom is 0.306 e. The van der Waals surface area contributed by atoms with E-state index >= 15 is 0 Å². The third-order valence-corrected chi connectivity index (χ3v) is 6.71. The Morgan fingerprint density at radius 3 is 1.68 bits per heavy atom. The normalized spacial score (nSPS) is 13.2. The monoisotopic (exact) mass is 543 g/mol. The second-order valence-electron chi connectivity index (χ2n) is 11.4. The number of hydrogen-bond donors (Lipinski definition) is 0. The third kappa shape index (κ3) is 21.3. The number of carbonyl (C=O) groups is 3. The van der Waals surface area contributed by atoms with Crippen LogP contribution >= 0.6 is 0 Å². The smallest absolute Gasteiger partial charge is 0.306 e. The first kappa shape index (κ1) is 36.3. The molecule has 0 N–H and O–H groups in total. The summed E-state index contributed by atoms with van der Waals surface area (Å²) >= 11 is 0. The van der Waals surface area contributed by atoms with E-state index in [1.54, 1.807) is 21.1 Å². The van der Waals surface area contributed by atoms with Crippen molar-refractivity contribution in [3.8, 4) is 0 Å². The molecule has 8 nitrogen and oxygen atoms in total. The molecule has 0 bridgehead atoms. The Kier molecular flexibility index (Phi) is 22.2. The van der Waals surface area contributed by atoms with Gasteiger partial charge in [-0.15, -0.1) is 0 Å². The van der Waals surface area contributed by atoms with Gasteiger partial charge in [-0.1, -0.05) is 90.9 Å². The van der Waals surface area contributed by atoms with E-state index in [1.807, 2.05) is 6.92 Å². The highest BCUT2D eigenvalue weighted by Crippen LogP contribution is 2.14. The first-order chi connectivity index (χ1) is 18.1. The van der Waals surface area contributed by atoms with Crippen LogP contribution in [0, 0.1) is 0 Å². The van der Waals surface area contributed by atoms with Crippen molar-refractivity contribution in [2.24, 2.45) is 0 Å². The van der Waals surface area contributed by atoms with Crippen molar-refractivity contribution >= 4 is 17.9 Å². The summed E-state index contributed by atoms with van der Waals surface area (Å²) in [6, 6.07) is -0.714. The van der Waals surface area contributed by atoms with Crippen LogP contribution in [-0.2, 0) is 28.6 Å². The molecule has 0 saturated heterocycles. The zero-order valence-electron chi connectivity index (χ0n) is 25.1. The van der Waals surface area contributed by atoms with E-state index in [0.29, 0.717) is 19.3 Å². The maximum atomic E-state index is 12.4. The van der Waals surface area contributed by atoms with Gasteiger partial charge in [0.1, 0.15) is 12.6 Å². The van der Waals surface area contributed by atoms with Gasteiger partial charge in [0, 0.05) is 19.3 Å². The molecule has 0 saturated carbocycles. The van der Waals surface area contributed by atoms with E-state index in [-0.39, 0.29) is 42.7 Å². The SMILES string of the molecule is CCCCCCCCCCCCCCCC(=O)OC(COCCC(C(=O)[O-])[N+](C)(C)C)COC(=O)CCC. The van der Waals surface area contributed by atoms with E-state index in [2.05, 4.69) is 6.92 Å². The van der Waals surface area contributed by atoms with Gasteiger partial charge in [0.05, 0.1) is 40.3 Å². The van der Waals surface area contributed by atoms with Crippen LogP contribution in [0.15, 0.2) is 0 Å². The van der Waals surface area contributed by atoms with Crippen LogP contribution in [-0.4, -0.2) is 75.5 Å². The summed E-state index contributed by atoms with van der Waals surface area (Å²) in [7, 11) is 5.36. The summed E-state index contributed by atoms with van der Waals surface area (Å²) < 4.78 is 16.6. The van der Waals surface area contributed by atoms with Crippen LogP contribution in [0.3, 0.4) is 0 Å². The average molecular weight is 544 g/mol. The van der Waals surface area contributed by atoms with Crippen LogP contribution in [0.25, 0.3) is 0 Å². The van der Waals surface area contributed by atoms with Gasteiger partial charge in [0.15, 0.2) is 6.10 Å². The molecule has 0 aliphatic heterocycles. The Morgan fingerprint density at radius 1 is 0.684 bits per heavy atom. The van der Waals surface area contributed by atoms with E-state index < -0.39 is 18.1 Å². The van der Waals surface area contributed by atoms with Crippen LogP contribution in [0.1, 0.15) is 123 Å². The standard InChI is InChI=1S/C30H57NO7/c1-6-8-9-10-11-12-13-14-15-16-17-18-19-21-29(33)38-26(25-37-28(32)20-7-2)24-36-23-22-27(30(34)35)31(3,4)5/h26-27H,6-25H2,1-5H3. The van der Waals surface area contributed by atoms with Crippen molar-refractivity contribution in [2.75, 3.05) is 41.0 Å². The van der Waals surface area contributed by atoms with Gasteiger partial charge in [-0.3, -0.25) is 9.59 Å². The minimum atomic E-state index is -1.13. The van der Waals surface area contributed by atoms with Crippen molar-refractivity contribution < 1.29 is 38.2 Å². The Bertz CT molecular complexity index is 618. The zero-order chi connectivity index (χ0) is 28.7. The topological polar surface area (TPSA) is 102 Å². The number of nitrogens with zero attached hydrogens (tertiary/aromatic N) is 1. The van der Waals surface area contributed by atoms with Gasteiger partial charge >= 0.3 is 11.9 Å². The highest BCUT2D eigenvalue weighted by atomic mass is 16.6. The first-order valence-electron chi connectivity index (χ1n) is 15.1. The molecule has 2 atom stereocenters. The molecule has 38 heavy (non-hydrogen) atoms. The van der Waals surface area contributed by atoms with Crippen molar-refractivity contribution in [1.82, 2.24) is 0 Å². The molecule has 0 heterocycles. The highest BCUT2D eigenvalue weighted by molar-refractivity contribution is 5.70. The number of ether oxygens (including phenoxy) is 3. The summed E-state index contributed by atoms with van der Waals surface area (Å²) in [5.74, 6) is -1.80. The Hall–Kier alpha value is -1.67. The fourth-order valence-corrected chi connectivity index (χ4v) is 4.34. The number of likely N-dealkylation sites (N-methyl/N-ethyl adjacent to an activating group) is 1. The van der Waals surface area contributed by atoms with Gasteiger partial charge in [0.2, 0.25) is 0 Å². The average Bonchev–Trinajstić information content (AvgIpc) is 2.84. The second kappa shape index (κ2) is 23.2. The molecule has 0 fully saturated rings. The van der Waals surface area contributed by atoms with E-state index in [0.717, 1.165) is 19.3 Å². The number of aliphatic carboxylic acids is 1. The molecule has 0 aliphatic rings. The van der Waals surface area contributed by atoms with E-state index in [4.69, 9.17) is 14.2 Å². The molecule has 0 radical (unpaired) electrons. The lowest BCUT2D eigenvalue weighted by Gasteiger charge is -2.34. The van der Waals surface area contributed by atoms with Crippen LogP contribution in [0.4, 0.5) is 0 Å². The number of quaternary nitrogens is 1. The van der Waals surface area contributed by atoms with Crippen LogP contribution < -0.4 is 5.11 Å². The van der Waals surface area contributed by atoms with Crippen molar-refractivity contribution in [2.45, 2.75) is 135 Å². The highest BCUT2D eigenvalue weighted by Gasteiger charge is 2.25. The molecule has 8 heteroatoms. The van der Waals surface area contributed by atoms with Crippen molar-refractivity contribution in [3.05, 3.63) is 0 Å². The van der Waals surface area contributed by atoms with Gasteiger partial charge in [-0.25, -0.2) is 0 Å². The fourth-order valence-electron chi connectivity index (χ4n) is 4.34. The number of carbonyl (C=O) groups excluding carboxylic acids is 3. The maximum absolute atomic E-state index is 12.4. The minimum Gasteiger partial charge on any atom is -0.544 e. The quantitative estimate of drug-likeness (QED) is 0.0864. The van der Waals surface area contributed by atoms with Crippen LogP contribution in [0.5, 0.6) is 0 Å². The lowest BCUT2D eigenvalue weighted by molar-refractivity contribution is -0.889. The summed E-state index contributed by atoms with van der Waals surface area (Å²) in [5, 5.41) is 11.4. The largest absolute Gasteiger partial charge is 0.544 e. The number of carboxylic acid groups (broad SMARTS) is 1. The third-order valence-electron chi connectivity index (χ3n) is 6.71. The molecule has 0 aliphatic carbocycles. The predicted octanol–water partition coefficient (Wildman–Crippen LogP) is 4.95. The summed E-state index contributed by atoms with van der Waals surface area (Å²) in [4.78, 5) is 35.6. The fraction of sp³-hybridized carbons (Fsp3) is 0.900. The number of rotatable bonds is 26. The first-order valence-corrected chi connectivity index (χ1v) is 15.1. The molecule has 2 unspecified atom stereocenters. The zero-order valence-corrected chi connectivity index (χ0v) is 25.1. The molecule has 0 aromatic rings. The summed E-state index contributed by atoms with van der Waals surface area (Å²) in [6.07, 6.45) is 17.0. The molecular formula is C30H57NO7. The predicted molar refractivity (Wildman–Crippen MR) is 148 cm³/mol. The van der Waals surface area contributed by atoms with E-state index in [9.17, 15) is 19.5 Å².